The van der Waals surface area contributed by atoms with E-state index >= 15 is 0 Å². The predicted octanol–water partition coefficient (Wildman–Crippen LogP) is 4.05. The van der Waals surface area contributed by atoms with Gasteiger partial charge in [0.1, 0.15) is 0 Å². The van der Waals surface area contributed by atoms with Gasteiger partial charge in [0, 0.05) is 12.0 Å². The Hall–Kier alpha value is -0.510. The van der Waals surface area contributed by atoms with Crippen molar-refractivity contribution in [3.8, 4) is 0 Å². The minimum absolute atomic E-state index is 0.0632. The minimum Gasteiger partial charge on any atom is -0.312 e. The van der Waals surface area contributed by atoms with Crippen LogP contribution in [0.5, 0.6) is 0 Å². The molecule has 0 unspecified atom stereocenters. The summed E-state index contributed by atoms with van der Waals surface area (Å²) in [6.07, 6.45) is -1.99. The largest absolute Gasteiger partial charge is 0.389 e. The molecule has 0 aliphatic heterocycles. The fourth-order valence-electron chi connectivity index (χ4n) is 1.21. The number of rotatable bonds is 5. The molecule has 0 radical (unpaired) electrons. The summed E-state index contributed by atoms with van der Waals surface area (Å²) in [4.78, 5) is 0. The van der Waals surface area contributed by atoms with Gasteiger partial charge in [-0.15, -0.1) is 0 Å². The molecule has 0 aromatic rings. The van der Waals surface area contributed by atoms with E-state index < -0.39 is 12.6 Å². The standard InChI is InChI=1S/C12H22F3N/c1-10(7-8-12(13,14)15)6-5-9-16-11(2,3)4/h6,16H,5,7-9H2,1-4H3. The summed E-state index contributed by atoms with van der Waals surface area (Å²) in [5.74, 6) is 0. The molecule has 96 valence electrons. The van der Waals surface area contributed by atoms with Gasteiger partial charge >= 0.3 is 6.18 Å². The predicted molar refractivity (Wildman–Crippen MR) is 61.4 cm³/mol. The van der Waals surface area contributed by atoms with Crippen molar-refractivity contribution in [2.24, 2.45) is 0 Å². The normalized spacial score (nSPS) is 14.3. The third-order valence-corrected chi connectivity index (χ3v) is 2.10. The van der Waals surface area contributed by atoms with Crippen LogP contribution < -0.4 is 5.32 Å². The number of halogens is 3. The van der Waals surface area contributed by atoms with Crippen LogP contribution in [0.4, 0.5) is 13.2 Å². The number of hydrogen-bond donors (Lipinski definition) is 1. The van der Waals surface area contributed by atoms with Gasteiger partial charge in [-0.25, -0.2) is 0 Å². The van der Waals surface area contributed by atoms with E-state index in [4.69, 9.17) is 0 Å². The molecule has 1 nitrogen and oxygen atoms in total. The molecule has 0 bridgehead atoms. The van der Waals surface area contributed by atoms with E-state index in [-0.39, 0.29) is 12.0 Å². The van der Waals surface area contributed by atoms with Crippen molar-refractivity contribution in [1.82, 2.24) is 5.32 Å². The van der Waals surface area contributed by atoms with Crippen LogP contribution in [-0.2, 0) is 0 Å². The minimum atomic E-state index is -4.04. The second-order valence-electron chi connectivity index (χ2n) is 5.13. The Morgan fingerprint density at radius 2 is 1.75 bits per heavy atom. The Bertz CT molecular complexity index is 223. The number of allylic oxidation sites excluding steroid dienone is 1. The average molecular weight is 237 g/mol. The Morgan fingerprint density at radius 1 is 1.19 bits per heavy atom. The summed E-state index contributed by atoms with van der Waals surface area (Å²) >= 11 is 0. The fraction of sp³-hybridized carbons (Fsp3) is 0.833. The van der Waals surface area contributed by atoms with Crippen molar-refractivity contribution in [2.45, 2.75) is 58.7 Å². The van der Waals surface area contributed by atoms with Crippen molar-refractivity contribution < 1.29 is 13.2 Å². The topological polar surface area (TPSA) is 12.0 Å². The zero-order valence-corrected chi connectivity index (χ0v) is 10.5. The van der Waals surface area contributed by atoms with Gasteiger partial charge in [0.2, 0.25) is 0 Å². The molecule has 0 amide bonds. The van der Waals surface area contributed by atoms with E-state index in [0.717, 1.165) is 18.5 Å². The van der Waals surface area contributed by atoms with Crippen LogP contribution in [0.1, 0.15) is 47.0 Å². The highest BCUT2D eigenvalue weighted by atomic mass is 19.4. The maximum Gasteiger partial charge on any atom is 0.389 e. The van der Waals surface area contributed by atoms with E-state index in [9.17, 15) is 13.2 Å². The Labute approximate surface area is 96.1 Å². The molecule has 16 heavy (non-hydrogen) atoms. The van der Waals surface area contributed by atoms with Crippen LogP contribution >= 0.6 is 0 Å². The molecule has 0 aliphatic rings. The van der Waals surface area contributed by atoms with Gasteiger partial charge in [-0.3, -0.25) is 0 Å². The van der Waals surface area contributed by atoms with Crippen molar-refractivity contribution in [3.05, 3.63) is 11.6 Å². The number of hydrogen-bond acceptors (Lipinski definition) is 1. The first kappa shape index (κ1) is 15.5. The lowest BCUT2D eigenvalue weighted by Crippen LogP contribution is -2.36. The van der Waals surface area contributed by atoms with Crippen molar-refractivity contribution in [3.63, 3.8) is 0 Å². The summed E-state index contributed by atoms with van der Waals surface area (Å²) < 4.78 is 35.8. The van der Waals surface area contributed by atoms with Crippen molar-refractivity contribution in [2.75, 3.05) is 6.54 Å². The van der Waals surface area contributed by atoms with Gasteiger partial charge in [0.25, 0.3) is 0 Å². The third kappa shape index (κ3) is 11.6. The van der Waals surface area contributed by atoms with Gasteiger partial charge < -0.3 is 5.32 Å². The second kappa shape index (κ2) is 6.28. The number of alkyl halides is 3. The highest BCUT2D eigenvalue weighted by Crippen LogP contribution is 2.23. The maximum atomic E-state index is 11.9. The van der Waals surface area contributed by atoms with E-state index in [1.807, 2.05) is 6.08 Å². The van der Waals surface area contributed by atoms with Crippen LogP contribution in [0.15, 0.2) is 11.6 Å². The van der Waals surface area contributed by atoms with Gasteiger partial charge in [-0.2, -0.15) is 13.2 Å². The lowest BCUT2D eigenvalue weighted by molar-refractivity contribution is -0.133. The van der Waals surface area contributed by atoms with Crippen molar-refractivity contribution in [1.29, 1.82) is 0 Å². The van der Waals surface area contributed by atoms with Crippen molar-refractivity contribution >= 4 is 0 Å². The number of nitrogens with one attached hydrogen (secondary N) is 1. The molecule has 0 saturated heterocycles. The summed E-state index contributed by atoms with van der Waals surface area (Å²) in [6, 6.07) is 0. The Morgan fingerprint density at radius 3 is 2.19 bits per heavy atom. The van der Waals surface area contributed by atoms with Crippen LogP contribution in [0.2, 0.25) is 0 Å². The molecule has 0 spiro atoms. The van der Waals surface area contributed by atoms with E-state index in [0.29, 0.717) is 0 Å². The molecule has 4 heteroatoms. The summed E-state index contributed by atoms with van der Waals surface area (Å²) in [7, 11) is 0. The zero-order valence-electron chi connectivity index (χ0n) is 10.5. The van der Waals surface area contributed by atoms with Crippen LogP contribution in [0.3, 0.4) is 0 Å². The Kier molecular flexibility index (Phi) is 6.08. The maximum absolute atomic E-state index is 11.9. The molecule has 0 aromatic heterocycles. The zero-order chi connectivity index (χ0) is 12.8. The fourth-order valence-corrected chi connectivity index (χ4v) is 1.21. The first-order valence-corrected chi connectivity index (χ1v) is 5.57. The van der Waals surface area contributed by atoms with E-state index in [1.54, 1.807) is 6.92 Å². The molecule has 0 aliphatic carbocycles. The van der Waals surface area contributed by atoms with Crippen LogP contribution in [0.25, 0.3) is 0 Å². The highest BCUT2D eigenvalue weighted by Gasteiger charge is 2.26. The van der Waals surface area contributed by atoms with Crippen LogP contribution in [0, 0.1) is 0 Å². The average Bonchev–Trinajstić information content (AvgIpc) is 2.06. The van der Waals surface area contributed by atoms with Gasteiger partial charge in [0.05, 0.1) is 0 Å². The quantitative estimate of drug-likeness (QED) is 0.562. The van der Waals surface area contributed by atoms with Gasteiger partial charge in [-0.1, -0.05) is 11.6 Å². The van der Waals surface area contributed by atoms with Gasteiger partial charge in [-0.05, 0) is 47.1 Å². The lowest BCUT2D eigenvalue weighted by Gasteiger charge is -2.19. The van der Waals surface area contributed by atoms with Gasteiger partial charge in [0.15, 0.2) is 0 Å². The molecule has 0 atom stereocenters. The summed E-state index contributed by atoms with van der Waals surface area (Å²) in [6.45, 7) is 8.74. The summed E-state index contributed by atoms with van der Waals surface area (Å²) in [5.41, 5.74) is 0.876. The molecule has 1 N–H and O–H groups in total. The SMILES string of the molecule is CC(=CCCNC(C)(C)C)CCC(F)(F)F. The molecule has 0 saturated carbocycles. The monoisotopic (exact) mass is 237 g/mol. The smallest absolute Gasteiger partial charge is 0.312 e. The highest BCUT2D eigenvalue weighted by molar-refractivity contribution is 4.98. The molecule has 0 fully saturated rings. The van der Waals surface area contributed by atoms with E-state index in [1.165, 1.54) is 0 Å². The second-order valence-corrected chi connectivity index (χ2v) is 5.13. The van der Waals surface area contributed by atoms with E-state index in [2.05, 4.69) is 26.1 Å². The molecule has 0 heterocycles. The third-order valence-electron chi connectivity index (χ3n) is 2.10. The molecule has 0 aromatic carbocycles. The van der Waals surface area contributed by atoms with Crippen LogP contribution in [-0.4, -0.2) is 18.3 Å². The molecular weight excluding hydrogens is 215 g/mol. The summed E-state index contributed by atoms with van der Waals surface area (Å²) in [5, 5.41) is 3.28. The molecule has 0 rings (SSSR count). The first-order valence-electron chi connectivity index (χ1n) is 5.57. The lowest BCUT2D eigenvalue weighted by atomic mass is 10.1. The molecular formula is C12H22F3N. The Balaban J connectivity index is 3.72. The first-order chi connectivity index (χ1) is 7.10.